The molecule has 0 bridgehead atoms. The molecule has 4 rings (SSSR count). The van der Waals surface area contributed by atoms with E-state index < -0.39 is 0 Å². The van der Waals surface area contributed by atoms with Gasteiger partial charge in [-0.25, -0.2) is 9.78 Å². The average Bonchev–Trinajstić information content (AvgIpc) is 3.15. The summed E-state index contributed by atoms with van der Waals surface area (Å²) in [4.78, 5) is 48.7. The highest BCUT2D eigenvalue weighted by molar-refractivity contribution is 6.04. The monoisotopic (exact) mass is 435 g/mol. The Bertz CT molecular complexity index is 1080. The highest BCUT2D eigenvalue weighted by Gasteiger charge is 2.32. The number of aryl methyl sites for hydroxylation is 3. The molecular weight excluding hydrogens is 406 g/mol. The van der Waals surface area contributed by atoms with Gasteiger partial charge in [0.15, 0.2) is 0 Å². The molecule has 2 aliphatic rings. The summed E-state index contributed by atoms with van der Waals surface area (Å²) >= 11 is 0. The number of rotatable bonds is 3. The van der Waals surface area contributed by atoms with E-state index in [1.165, 1.54) is 11.8 Å². The molecule has 0 spiro atoms. The average molecular weight is 436 g/mol. The van der Waals surface area contributed by atoms with Gasteiger partial charge in [-0.15, -0.1) is 0 Å². The van der Waals surface area contributed by atoms with Crippen LogP contribution in [0.5, 0.6) is 0 Å². The zero-order valence-corrected chi connectivity index (χ0v) is 19.1. The van der Waals surface area contributed by atoms with Crippen molar-refractivity contribution in [2.24, 2.45) is 0 Å². The molecular formula is C24H29N5O3. The number of piperazine rings is 1. The number of carbonyl (C=O) groups is 3. The number of aromatic nitrogens is 1. The van der Waals surface area contributed by atoms with Crippen LogP contribution in [0.4, 0.5) is 16.3 Å². The van der Waals surface area contributed by atoms with Crippen molar-refractivity contribution < 1.29 is 14.4 Å². The molecule has 0 N–H and O–H groups in total. The summed E-state index contributed by atoms with van der Waals surface area (Å²) in [6.45, 7) is 11.0. The molecule has 0 unspecified atom stereocenters. The second-order valence-corrected chi connectivity index (χ2v) is 8.54. The normalized spacial score (nSPS) is 16.7. The molecule has 32 heavy (non-hydrogen) atoms. The smallest absolute Gasteiger partial charge is 0.331 e. The Kier molecular flexibility index (Phi) is 5.86. The molecule has 0 saturated carbocycles. The van der Waals surface area contributed by atoms with Gasteiger partial charge in [0, 0.05) is 63.6 Å². The SMILES string of the molecule is CC(=O)N1CCN(c2ccc(C(=O)N3CCN(c4ncc(C)cc4C)CC3)c(C)c2)C1=O. The Morgan fingerprint density at radius 3 is 2.22 bits per heavy atom. The van der Waals surface area contributed by atoms with E-state index in [0.717, 1.165) is 35.6 Å². The Balaban J connectivity index is 1.43. The second kappa shape index (κ2) is 8.61. The van der Waals surface area contributed by atoms with Crippen molar-refractivity contribution in [3.8, 4) is 0 Å². The summed E-state index contributed by atoms with van der Waals surface area (Å²) in [6.07, 6.45) is 1.88. The number of hydrogen-bond donors (Lipinski definition) is 0. The molecule has 2 aromatic rings. The van der Waals surface area contributed by atoms with Crippen LogP contribution in [0.1, 0.15) is 34.0 Å². The molecule has 2 fully saturated rings. The van der Waals surface area contributed by atoms with Crippen LogP contribution < -0.4 is 9.80 Å². The molecule has 3 heterocycles. The number of anilines is 2. The molecule has 8 heteroatoms. The first-order valence-electron chi connectivity index (χ1n) is 10.9. The maximum atomic E-state index is 13.2. The van der Waals surface area contributed by atoms with Crippen LogP contribution in [0.15, 0.2) is 30.5 Å². The van der Waals surface area contributed by atoms with Crippen molar-refractivity contribution in [1.82, 2.24) is 14.8 Å². The van der Waals surface area contributed by atoms with Gasteiger partial charge in [-0.3, -0.25) is 19.4 Å². The first-order valence-corrected chi connectivity index (χ1v) is 10.9. The minimum atomic E-state index is -0.313. The Labute approximate surface area is 188 Å². The van der Waals surface area contributed by atoms with Crippen molar-refractivity contribution in [2.75, 3.05) is 49.1 Å². The zero-order valence-electron chi connectivity index (χ0n) is 19.1. The van der Waals surface area contributed by atoms with Crippen LogP contribution in [0.25, 0.3) is 0 Å². The zero-order chi connectivity index (χ0) is 23.0. The predicted octanol–water partition coefficient (Wildman–Crippen LogP) is 2.76. The number of imide groups is 1. The Morgan fingerprint density at radius 1 is 0.906 bits per heavy atom. The maximum absolute atomic E-state index is 13.2. The Hall–Kier alpha value is -3.42. The highest BCUT2D eigenvalue weighted by Crippen LogP contribution is 2.25. The number of urea groups is 1. The molecule has 0 atom stereocenters. The van der Waals surface area contributed by atoms with Gasteiger partial charge in [0.05, 0.1) is 0 Å². The van der Waals surface area contributed by atoms with Gasteiger partial charge in [-0.05, 0) is 55.7 Å². The molecule has 168 valence electrons. The van der Waals surface area contributed by atoms with E-state index in [1.54, 1.807) is 17.0 Å². The van der Waals surface area contributed by atoms with Crippen molar-refractivity contribution in [3.63, 3.8) is 0 Å². The van der Waals surface area contributed by atoms with Gasteiger partial charge in [-0.1, -0.05) is 6.07 Å². The summed E-state index contributed by atoms with van der Waals surface area (Å²) in [7, 11) is 0. The van der Waals surface area contributed by atoms with Crippen LogP contribution in [-0.2, 0) is 4.79 Å². The van der Waals surface area contributed by atoms with E-state index >= 15 is 0 Å². The lowest BCUT2D eigenvalue weighted by Crippen LogP contribution is -2.49. The number of benzene rings is 1. The number of nitrogens with zero attached hydrogens (tertiary/aromatic N) is 5. The largest absolute Gasteiger partial charge is 0.353 e. The number of carbonyl (C=O) groups excluding carboxylic acids is 3. The topological polar surface area (TPSA) is 77.1 Å². The van der Waals surface area contributed by atoms with E-state index in [2.05, 4.69) is 22.9 Å². The van der Waals surface area contributed by atoms with E-state index in [9.17, 15) is 14.4 Å². The minimum Gasteiger partial charge on any atom is -0.353 e. The molecule has 4 amide bonds. The van der Waals surface area contributed by atoms with Gasteiger partial charge in [-0.2, -0.15) is 0 Å². The molecule has 0 aliphatic carbocycles. The third-order valence-corrected chi connectivity index (χ3v) is 6.19. The first kappa shape index (κ1) is 21.8. The van der Waals surface area contributed by atoms with Gasteiger partial charge in [0.2, 0.25) is 5.91 Å². The fraction of sp³-hybridized carbons (Fsp3) is 0.417. The standard InChI is InChI=1S/C24H29N5O3/c1-16-13-18(3)22(25-15-16)26-7-9-27(10-8-26)23(31)21-6-5-20(14-17(21)2)29-12-11-28(19(4)30)24(29)32/h5-6,13-15H,7-12H2,1-4H3. The van der Waals surface area contributed by atoms with E-state index in [0.29, 0.717) is 37.4 Å². The summed E-state index contributed by atoms with van der Waals surface area (Å²) in [5.74, 6) is 0.731. The molecule has 8 nitrogen and oxygen atoms in total. The summed E-state index contributed by atoms with van der Waals surface area (Å²) in [5, 5.41) is 0. The second-order valence-electron chi connectivity index (χ2n) is 8.54. The predicted molar refractivity (Wildman–Crippen MR) is 123 cm³/mol. The van der Waals surface area contributed by atoms with Crippen LogP contribution in [0.2, 0.25) is 0 Å². The molecule has 2 saturated heterocycles. The van der Waals surface area contributed by atoms with E-state index in [4.69, 9.17) is 0 Å². The summed E-state index contributed by atoms with van der Waals surface area (Å²) < 4.78 is 0. The molecule has 0 radical (unpaired) electrons. The lowest BCUT2D eigenvalue weighted by Gasteiger charge is -2.36. The number of amides is 4. The van der Waals surface area contributed by atoms with Gasteiger partial charge >= 0.3 is 6.03 Å². The quantitative estimate of drug-likeness (QED) is 0.741. The first-order chi connectivity index (χ1) is 15.3. The van der Waals surface area contributed by atoms with Crippen molar-refractivity contribution in [2.45, 2.75) is 27.7 Å². The molecule has 1 aromatic carbocycles. The number of pyridine rings is 1. The third kappa shape index (κ3) is 4.04. The highest BCUT2D eigenvalue weighted by atomic mass is 16.2. The maximum Gasteiger partial charge on any atom is 0.331 e. The minimum absolute atomic E-state index is 0.000369. The van der Waals surface area contributed by atoms with E-state index in [-0.39, 0.29) is 17.8 Å². The van der Waals surface area contributed by atoms with Crippen molar-refractivity contribution in [3.05, 3.63) is 52.7 Å². The lowest BCUT2D eigenvalue weighted by molar-refractivity contribution is -0.125. The summed E-state index contributed by atoms with van der Waals surface area (Å²) in [5.41, 5.74) is 4.46. The van der Waals surface area contributed by atoms with Gasteiger partial charge in [0.1, 0.15) is 5.82 Å². The van der Waals surface area contributed by atoms with Crippen LogP contribution in [0.3, 0.4) is 0 Å². The van der Waals surface area contributed by atoms with Crippen LogP contribution in [-0.4, -0.2) is 71.9 Å². The fourth-order valence-electron chi connectivity index (χ4n) is 4.46. The Morgan fingerprint density at radius 2 is 1.62 bits per heavy atom. The lowest BCUT2D eigenvalue weighted by atomic mass is 10.1. The van der Waals surface area contributed by atoms with Crippen LogP contribution >= 0.6 is 0 Å². The van der Waals surface area contributed by atoms with E-state index in [1.807, 2.05) is 31.0 Å². The number of hydrogen-bond acceptors (Lipinski definition) is 5. The molecule has 2 aliphatic heterocycles. The van der Waals surface area contributed by atoms with Gasteiger partial charge in [0.25, 0.3) is 5.91 Å². The molecule has 1 aromatic heterocycles. The van der Waals surface area contributed by atoms with Crippen molar-refractivity contribution in [1.29, 1.82) is 0 Å². The fourth-order valence-corrected chi connectivity index (χ4v) is 4.46. The van der Waals surface area contributed by atoms with Crippen LogP contribution in [0, 0.1) is 20.8 Å². The summed E-state index contributed by atoms with van der Waals surface area (Å²) in [6, 6.07) is 7.25. The third-order valence-electron chi connectivity index (χ3n) is 6.19. The van der Waals surface area contributed by atoms with Gasteiger partial charge < -0.3 is 9.80 Å². The van der Waals surface area contributed by atoms with Crippen molar-refractivity contribution >= 4 is 29.4 Å².